The molecular weight excluding hydrogens is 248 g/mol. The van der Waals surface area contributed by atoms with Crippen LogP contribution in [-0.2, 0) is 0 Å². The second-order valence-electron chi connectivity index (χ2n) is 5.33. The minimum Gasteiger partial charge on any atom is -0.354 e. The normalized spacial score (nSPS) is 16.0. The number of anilines is 1. The lowest BCUT2D eigenvalue weighted by Gasteiger charge is -2.35. The van der Waals surface area contributed by atoms with Crippen LogP contribution in [0.3, 0.4) is 0 Å². The average Bonchev–Trinajstić information content (AvgIpc) is 2.49. The number of pyridine rings is 1. The molecule has 114 valence electrons. The largest absolute Gasteiger partial charge is 0.354 e. The van der Waals surface area contributed by atoms with E-state index in [1.165, 1.54) is 12.1 Å². The molecule has 0 atom stereocenters. The Labute approximate surface area is 124 Å². The van der Waals surface area contributed by atoms with E-state index in [1.807, 2.05) is 20.0 Å². The van der Waals surface area contributed by atoms with Crippen molar-refractivity contribution in [1.82, 2.24) is 14.8 Å². The van der Waals surface area contributed by atoms with Gasteiger partial charge in [-0.2, -0.15) is 0 Å². The zero-order valence-corrected chi connectivity index (χ0v) is 13.8. The van der Waals surface area contributed by atoms with Crippen molar-refractivity contribution in [3.05, 3.63) is 23.9 Å². The minimum absolute atomic E-state index is 1.09. The highest BCUT2D eigenvalue weighted by Gasteiger charge is 2.17. The third-order valence-electron chi connectivity index (χ3n) is 3.46. The van der Waals surface area contributed by atoms with E-state index in [0.717, 1.165) is 38.5 Å². The minimum atomic E-state index is 1.09. The molecule has 0 saturated carbocycles. The number of aromatic nitrogens is 1. The van der Waals surface area contributed by atoms with E-state index in [9.17, 15) is 0 Å². The summed E-state index contributed by atoms with van der Waals surface area (Å²) in [6.45, 7) is 12.8. The highest BCUT2D eigenvalue weighted by atomic mass is 15.3. The van der Waals surface area contributed by atoms with Gasteiger partial charge in [0.1, 0.15) is 5.82 Å². The molecule has 0 spiro atoms. The lowest BCUT2D eigenvalue weighted by Crippen LogP contribution is -2.48. The summed E-state index contributed by atoms with van der Waals surface area (Å²) in [5.74, 6) is 1.12. The molecular formula is C16H30N4. The van der Waals surface area contributed by atoms with E-state index in [-0.39, 0.29) is 0 Å². The summed E-state index contributed by atoms with van der Waals surface area (Å²) in [4.78, 5) is 11.7. The maximum Gasteiger partial charge on any atom is 0.128 e. The van der Waals surface area contributed by atoms with Crippen LogP contribution in [0, 0.1) is 6.92 Å². The van der Waals surface area contributed by atoms with Crippen molar-refractivity contribution in [3.8, 4) is 0 Å². The summed E-state index contributed by atoms with van der Waals surface area (Å²) in [6, 6.07) is 4.27. The van der Waals surface area contributed by atoms with Crippen LogP contribution in [0.25, 0.3) is 0 Å². The molecule has 0 N–H and O–H groups in total. The van der Waals surface area contributed by atoms with Gasteiger partial charge in [0.15, 0.2) is 0 Å². The Morgan fingerprint density at radius 3 is 2.25 bits per heavy atom. The van der Waals surface area contributed by atoms with Gasteiger partial charge in [-0.25, -0.2) is 4.98 Å². The molecule has 1 aliphatic rings. The number of hydrogen-bond acceptors (Lipinski definition) is 4. The van der Waals surface area contributed by atoms with Crippen LogP contribution in [0.15, 0.2) is 18.3 Å². The van der Waals surface area contributed by atoms with Gasteiger partial charge in [-0.05, 0) is 32.6 Å². The zero-order valence-electron chi connectivity index (χ0n) is 13.8. The summed E-state index contributed by atoms with van der Waals surface area (Å²) < 4.78 is 0. The van der Waals surface area contributed by atoms with E-state index in [0.29, 0.717) is 0 Å². The molecule has 0 unspecified atom stereocenters. The van der Waals surface area contributed by atoms with Crippen LogP contribution in [-0.4, -0.2) is 68.1 Å². The highest BCUT2D eigenvalue weighted by Crippen LogP contribution is 2.13. The van der Waals surface area contributed by atoms with Crippen LogP contribution in [0.1, 0.15) is 19.4 Å². The molecule has 0 amide bonds. The third kappa shape index (κ3) is 5.47. The van der Waals surface area contributed by atoms with Gasteiger partial charge in [0.2, 0.25) is 0 Å². The summed E-state index contributed by atoms with van der Waals surface area (Å²) in [6.07, 6.45) is 1.95. The maximum atomic E-state index is 4.50. The molecule has 0 bridgehead atoms. The van der Waals surface area contributed by atoms with Crippen molar-refractivity contribution in [2.75, 3.05) is 58.3 Å². The number of nitrogens with zero attached hydrogens (tertiary/aromatic N) is 4. The molecule has 2 rings (SSSR count). The first-order valence-corrected chi connectivity index (χ1v) is 7.70. The molecule has 2 heterocycles. The quantitative estimate of drug-likeness (QED) is 0.841. The molecule has 4 nitrogen and oxygen atoms in total. The monoisotopic (exact) mass is 278 g/mol. The van der Waals surface area contributed by atoms with Gasteiger partial charge in [0, 0.05) is 45.5 Å². The van der Waals surface area contributed by atoms with Gasteiger partial charge in [0.25, 0.3) is 0 Å². The number of hydrogen-bond donors (Lipinski definition) is 0. The molecule has 0 aliphatic carbocycles. The second kappa shape index (κ2) is 8.93. The van der Waals surface area contributed by atoms with Crippen LogP contribution in [0.4, 0.5) is 5.82 Å². The van der Waals surface area contributed by atoms with Crippen molar-refractivity contribution in [3.63, 3.8) is 0 Å². The van der Waals surface area contributed by atoms with Crippen LogP contribution < -0.4 is 4.90 Å². The molecule has 1 aromatic heterocycles. The fourth-order valence-corrected chi connectivity index (χ4v) is 2.19. The van der Waals surface area contributed by atoms with Crippen LogP contribution in [0.5, 0.6) is 0 Å². The van der Waals surface area contributed by atoms with Gasteiger partial charge in [-0.1, -0.05) is 19.9 Å². The van der Waals surface area contributed by atoms with Gasteiger partial charge in [-0.15, -0.1) is 0 Å². The van der Waals surface area contributed by atoms with Gasteiger partial charge in [-0.3, -0.25) is 4.90 Å². The average molecular weight is 278 g/mol. The molecule has 1 fully saturated rings. The first kappa shape index (κ1) is 16.9. The highest BCUT2D eigenvalue weighted by molar-refractivity contribution is 5.39. The smallest absolute Gasteiger partial charge is 0.128 e. The topological polar surface area (TPSA) is 22.6 Å². The van der Waals surface area contributed by atoms with Gasteiger partial charge in [0.05, 0.1) is 0 Å². The van der Waals surface area contributed by atoms with E-state index < -0.39 is 0 Å². The maximum absolute atomic E-state index is 4.50. The summed E-state index contributed by atoms with van der Waals surface area (Å²) >= 11 is 0. The first-order chi connectivity index (χ1) is 9.65. The van der Waals surface area contributed by atoms with Crippen molar-refractivity contribution < 1.29 is 0 Å². The van der Waals surface area contributed by atoms with Gasteiger partial charge < -0.3 is 9.80 Å². The summed E-state index contributed by atoms with van der Waals surface area (Å²) in [5, 5.41) is 0. The first-order valence-electron chi connectivity index (χ1n) is 7.70. The lowest BCUT2D eigenvalue weighted by molar-refractivity contribution is 0.229. The SMILES string of the molecule is CC.Cc1ccc(N2CCN(CCN(C)C)CC2)nc1. The summed E-state index contributed by atoms with van der Waals surface area (Å²) in [5.41, 5.74) is 1.23. The predicted octanol–water partition coefficient (Wildman–Crippen LogP) is 2.10. The van der Waals surface area contributed by atoms with Crippen molar-refractivity contribution >= 4 is 5.82 Å². The molecule has 0 aromatic carbocycles. The van der Waals surface area contributed by atoms with E-state index in [1.54, 1.807) is 0 Å². The number of likely N-dealkylation sites (N-methyl/N-ethyl adjacent to an activating group) is 1. The Balaban J connectivity index is 0.000000956. The van der Waals surface area contributed by atoms with E-state index >= 15 is 0 Å². The Hall–Kier alpha value is -1.13. The zero-order chi connectivity index (χ0) is 15.0. The number of piperazine rings is 1. The van der Waals surface area contributed by atoms with E-state index in [2.05, 4.69) is 52.8 Å². The van der Waals surface area contributed by atoms with Crippen LogP contribution >= 0.6 is 0 Å². The fourth-order valence-electron chi connectivity index (χ4n) is 2.19. The Kier molecular flexibility index (Phi) is 7.55. The molecule has 4 heteroatoms. The fraction of sp³-hybridized carbons (Fsp3) is 0.688. The van der Waals surface area contributed by atoms with Crippen molar-refractivity contribution in [1.29, 1.82) is 0 Å². The lowest BCUT2D eigenvalue weighted by atomic mass is 10.2. The standard InChI is InChI=1S/C14H24N4.C2H6/c1-13-4-5-14(15-12-13)18-10-8-17(9-11-18)7-6-16(2)3;1-2/h4-5,12H,6-11H2,1-3H3;1-2H3. The molecule has 1 aliphatic heterocycles. The predicted molar refractivity (Wildman–Crippen MR) is 87.5 cm³/mol. The van der Waals surface area contributed by atoms with E-state index in [4.69, 9.17) is 0 Å². The van der Waals surface area contributed by atoms with Crippen molar-refractivity contribution in [2.24, 2.45) is 0 Å². The molecule has 1 aromatic rings. The number of aryl methyl sites for hydroxylation is 1. The second-order valence-corrected chi connectivity index (χ2v) is 5.33. The molecule has 1 saturated heterocycles. The third-order valence-corrected chi connectivity index (χ3v) is 3.46. The van der Waals surface area contributed by atoms with Crippen molar-refractivity contribution in [2.45, 2.75) is 20.8 Å². The molecule has 20 heavy (non-hydrogen) atoms. The van der Waals surface area contributed by atoms with Gasteiger partial charge >= 0.3 is 0 Å². The Bertz CT molecular complexity index is 353. The van der Waals surface area contributed by atoms with Crippen LogP contribution in [0.2, 0.25) is 0 Å². The number of rotatable bonds is 4. The molecule has 0 radical (unpaired) electrons. The Morgan fingerprint density at radius 2 is 1.75 bits per heavy atom. The summed E-state index contributed by atoms with van der Waals surface area (Å²) in [7, 11) is 4.26. The Morgan fingerprint density at radius 1 is 1.10 bits per heavy atom.